The van der Waals surface area contributed by atoms with E-state index in [0.717, 1.165) is 0 Å². The summed E-state index contributed by atoms with van der Waals surface area (Å²) in [6.45, 7) is 5.18. The summed E-state index contributed by atoms with van der Waals surface area (Å²) in [5, 5.41) is 2.48. The molecule has 1 rings (SSSR count). The van der Waals surface area contributed by atoms with Gasteiger partial charge >= 0.3 is 12.1 Å². The van der Waals surface area contributed by atoms with Crippen molar-refractivity contribution >= 4 is 23.7 Å². The molecule has 1 atom stereocenters. The van der Waals surface area contributed by atoms with E-state index in [1.807, 2.05) is 0 Å². The number of rotatable bonds is 5. The number of methoxy groups -OCH3 is 1. The van der Waals surface area contributed by atoms with E-state index in [-0.39, 0.29) is 6.07 Å². The maximum atomic E-state index is 12.0. The van der Waals surface area contributed by atoms with Gasteiger partial charge in [-0.05, 0) is 38.5 Å². The second-order valence-corrected chi connectivity index (χ2v) is 5.65. The highest BCUT2D eigenvalue weighted by Gasteiger charge is 2.27. The number of benzene rings is 1. The lowest BCUT2D eigenvalue weighted by Gasteiger charge is -2.23. The number of hydrogen-bond acceptors (Lipinski definition) is 5. The van der Waals surface area contributed by atoms with Crippen LogP contribution >= 0.6 is 11.6 Å². The Labute approximate surface area is 134 Å². The van der Waals surface area contributed by atoms with Crippen LogP contribution in [-0.2, 0) is 14.3 Å². The molecule has 1 N–H and O–H groups in total. The monoisotopic (exact) mass is 329 g/mol. The standard InChI is InChI=1S/C15H20ClNO5/c1-15(2,3)22-14(19)17-12(13(18)21-9-16)10-6-5-7-11(8-10)20-4/h5-8,12H,9H2,1-4H3,(H,17,19). The van der Waals surface area contributed by atoms with Crippen molar-refractivity contribution in [1.29, 1.82) is 0 Å². The van der Waals surface area contributed by atoms with Crippen molar-refractivity contribution in [3.8, 4) is 5.75 Å². The lowest BCUT2D eigenvalue weighted by Crippen LogP contribution is -2.38. The van der Waals surface area contributed by atoms with Crippen LogP contribution in [0.3, 0.4) is 0 Å². The van der Waals surface area contributed by atoms with Crippen LogP contribution in [0, 0.1) is 0 Å². The molecular formula is C15H20ClNO5. The molecule has 0 saturated carbocycles. The van der Waals surface area contributed by atoms with Gasteiger partial charge in [-0.1, -0.05) is 23.7 Å². The van der Waals surface area contributed by atoms with Crippen LogP contribution in [0.15, 0.2) is 24.3 Å². The van der Waals surface area contributed by atoms with Crippen molar-refractivity contribution in [2.24, 2.45) is 0 Å². The molecule has 0 fully saturated rings. The molecule has 6 nitrogen and oxygen atoms in total. The molecule has 0 spiro atoms. The van der Waals surface area contributed by atoms with E-state index in [1.54, 1.807) is 45.0 Å². The fourth-order valence-electron chi connectivity index (χ4n) is 1.66. The molecule has 0 saturated heterocycles. The molecule has 0 aliphatic rings. The minimum Gasteiger partial charge on any atom is -0.497 e. The summed E-state index contributed by atoms with van der Waals surface area (Å²) >= 11 is 5.42. The number of hydrogen-bond donors (Lipinski definition) is 1. The van der Waals surface area contributed by atoms with Crippen molar-refractivity contribution in [3.63, 3.8) is 0 Å². The number of amides is 1. The zero-order chi connectivity index (χ0) is 16.8. The molecule has 0 aliphatic heterocycles. The summed E-state index contributed by atoms with van der Waals surface area (Å²) in [4.78, 5) is 23.9. The Morgan fingerprint density at radius 3 is 2.55 bits per heavy atom. The molecule has 22 heavy (non-hydrogen) atoms. The highest BCUT2D eigenvalue weighted by atomic mass is 35.5. The highest BCUT2D eigenvalue weighted by molar-refractivity contribution is 6.17. The van der Waals surface area contributed by atoms with Crippen LogP contribution in [-0.4, -0.2) is 30.8 Å². The first-order valence-electron chi connectivity index (χ1n) is 6.63. The molecule has 1 unspecified atom stereocenters. The normalized spacial score (nSPS) is 12.2. The second kappa shape index (κ2) is 7.89. The van der Waals surface area contributed by atoms with Gasteiger partial charge in [-0.3, -0.25) is 0 Å². The third-order valence-corrected chi connectivity index (χ3v) is 2.63. The Kier molecular flexibility index (Phi) is 6.49. The molecule has 0 radical (unpaired) electrons. The molecule has 0 bridgehead atoms. The van der Waals surface area contributed by atoms with Gasteiger partial charge in [0.05, 0.1) is 7.11 Å². The average molecular weight is 330 g/mol. The summed E-state index contributed by atoms with van der Waals surface area (Å²) in [5.74, 6) is -0.138. The van der Waals surface area contributed by atoms with Crippen molar-refractivity contribution in [3.05, 3.63) is 29.8 Å². The van der Waals surface area contributed by atoms with Crippen molar-refractivity contribution in [2.45, 2.75) is 32.4 Å². The van der Waals surface area contributed by atoms with E-state index in [4.69, 9.17) is 25.8 Å². The number of esters is 1. The van der Waals surface area contributed by atoms with Crippen molar-refractivity contribution in [2.75, 3.05) is 13.2 Å². The van der Waals surface area contributed by atoms with Gasteiger partial charge in [0.15, 0.2) is 12.1 Å². The zero-order valence-corrected chi connectivity index (χ0v) is 13.8. The van der Waals surface area contributed by atoms with E-state index < -0.39 is 23.7 Å². The smallest absolute Gasteiger partial charge is 0.408 e. The van der Waals surface area contributed by atoms with Crippen LogP contribution in [0.2, 0.25) is 0 Å². The summed E-state index contributed by atoms with van der Waals surface area (Å²) in [5.41, 5.74) is -0.181. The Bertz CT molecular complexity index is 527. The first kappa shape index (κ1) is 18.1. The first-order chi connectivity index (χ1) is 10.3. The van der Waals surface area contributed by atoms with E-state index >= 15 is 0 Å². The molecule has 1 amide bonds. The molecule has 7 heteroatoms. The minimum absolute atomic E-state index is 0.310. The van der Waals surface area contributed by atoms with E-state index in [0.29, 0.717) is 11.3 Å². The third-order valence-electron chi connectivity index (χ3n) is 2.52. The fraction of sp³-hybridized carbons (Fsp3) is 0.467. The van der Waals surface area contributed by atoms with Gasteiger partial charge in [0.1, 0.15) is 11.4 Å². The van der Waals surface area contributed by atoms with Crippen LogP contribution in [0.1, 0.15) is 32.4 Å². The van der Waals surface area contributed by atoms with Crippen LogP contribution in [0.5, 0.6) is 5.75 Å². The van der Waals surface area contributed by atoms with Gasteiger partial charge in [0, 0.05) is 0 Å². The predicted molar refractivity (Wildman–Crippen MR) is 81.9 cm³/mol. The largest absolute Gasteiger partial charge is 0.497 e. The van der Waals surface area contributed by atoms with Crippen molar-refractivity contribution < 1.29 is 23.8 Å². The van der Waals surface area contributed by atoms with Gasteiger partial charge < -0.3 is 19.5 Å². The fourth-order valence-corrected chi connectivity index (χ4v) is 1.77. The molecule has 0 aliphatic carbocycles. The number of carbonyl (C=O) groups excluding carboxylic acids is 2. The minimum atomic E-state index is -1.04. The van der Waals surface area contributed by atoms with Crippen molar-refractivity contribution in [1.82, 2.24) is 5.32 Å². The third kappa shape index (κ3) is 5.81. The van der Waals surface area contributed by atoms with Gasteiger partial charge in [0.2, 0.25) is 0 Å². The molecule has 0 aromatic heterocycles. The summed E-state index contributed by atoms with van der Waals surface area (Å²) < 4.78 is 15.0. The topological polar surface area (TPSA) is 73.9 Å². The SMILES string of the molecule is COc1cccc(C(NC(=O)OC(C)(C)C)C(=O)OCCl)c1. The second-order valence-electron chi connectivity index (χ2n) is 5.43. The van der Waals surface area contributed by atoms with Crippen LogP contribution < -0.4 is 10.1 Å². The lowest BCUT2D eigenvalue weighted by molar-refractivity contribution is -0.144. The number of halogens is 1. The van der Waals surface area contributed by atoms with Gasteiger partial charge in [-0.25, -0.2) is 9.59 Å². The average Bonchev–Trinajstić information content (AvgIpc) is 2.43. The molecule has 122 valence electrons. The molecule has 0 heterocycles. The summed E-state index contributed by atoms with van der Waals surface area (Å²) in [7, 11) is 1.51. The first-order valence-corrected chi connectivity index (χ1v) is 7.16. The van der Waals surface area contributed by atoms with E-state index in [1.165, 1.54) is 7.11 Å². The van der Waals surface area contributed by atoms with Crippen LogP contribution in [0.25, 0.3) is 0 Å². The molecule has 1 aromatic carbocycles. The number of alkyl halides is 1. The quantitative estimate of drug-likeness (QED) is 0.664. The number of ether oxygens (including phenoxy) is 3. The number of carbonyl (C=O) groups is 2. The lowest BCUT2D eigenvalue weighted by atomic mass is 10.1. The van der Waals surface area contributed by atoms with E-state index in [9.17, 15) is 9.59 Å². The summed E-state index contributed by atoms with van der Waals surface area (Å²) in [6, 6.07) is 5.36. The maximum absolute atomic E-state index is 12.0. The van der Waals surface area contributed by atoms with Gasteiger partial charge in [-0.2, -0.15) is 0 Å². The van der Waals surface area contributed by atoms with Gasteiger partial charge in [-0.15, -0.1) is 0 Å². The Morgan fingerprint density at radius 2 is 2.00 bits per heavy atom. The Morgan fingerprint density at radius 1 is 1.32 bits per heavy atom. The number of nitrogens with one attached hydrogen (secondary N) is 1. The molecular weight excluding hydrogens is 310 g/mol. The van der Waals surface area contributed by atoms with Crippen LogP contribution in [0.4, 0.5) is 4.79 Å². The maximum Gasteiger partial charge on any atom is 0.408 e. The van der Waals surface area contributed by atoms with Gasteiger partial charge in [0.25, 0.3) is 0 Å². The summed E-state index contributed by atoms with van der Waals surface area (Å²) in [6.07, 6.45) is -0.730. The Balaban J connectivity index is 2.97. The van der Waals surface area contributed by atoms with E-state index in [2.05, 4.69) is 5.32 Å². The predicted octanol–water partition coefficient (Wildman–Crippen LogP) is 3.00. The zero-order valence-electron chi connectivity index (χ0n) is 13.0. The highest BCUT2D eigenvalue weighted by Crippen LogP contribution is 2.21. The Hall–Kier alpha value is -1.95. The number of alkyl carbamates (subject to hydrolysis) is 1. The molecule has 1 aromatic rings.